The number of carbonyl (C=O) groups excluding carboxylic acids is 1. The number of oxime groups is 1. The second-order valence-corrected chi connectivity index (χ2v) is 3.90. The predicted octanol–water partition coefficient (Wildman–Crippen LogP) is 1.64. The van der Waals surface area contributed by atoms with Crippen molar-refractivity contribution in [3.8, 4) is 0 Å². The maximum absolute atomic E-state index is 11.6. The molecule has 0 atom stereocenters. The molecule has 0 aliphatic carbocycles. The summed E-state index contributed by atoms with van der Waals surface area (Å²) in [6.07, 6.45) is 1.01. The molecule has 0 aromatic heterocycles. The van der Waals surface area contributed by atoms with Crippen LogP contribution in [0.25, 0.3) is 0 Å². The molecule has 2 rings (SSSR count). The van der Waals surface area contributed by atoms with E-state index in [2.05, 4.69) is 5.16 Å². The molecule has 0 saturated carbocycles. The first-order chi connectivity index (χ1) is 7.79. The molecule has 1 heterocycles. The number of likely N-dealkylation sites (tertiary alicyclic amines) is 1. The van der Waals surface area contributed by atoms with Gasteiger partial charge in [-0.3, -0.25) is 4.79 Å². The standard InChI is InChI=1S/C12H14N2O2/c15-12-7-6-11(13-16)9-14(12)8-10-4-2-1-3-5-10/h1-5,16H,6-9H2/b13-11+. The van der Waals surface area contributed by atoms with E-state index in [1.807, 2.05) is 30.3 Å². The number of benzene rings is 1. The van der Waals surface area contributed by atoms with Gasteiger partial charge in [0.1, 0.15) is 0 Å². The number of hydrogen-bond acceptors (Lipinski definition) is 3. The fourth-order valence-corrected chi connectivity index (χ4v) is 1.83. The molecule has 0 spiro atoms. The number of piperidine rings is 1. The predicted molar refractivity (Wildman–Crippen MR) is 60.3 cm³/mol. The van der Waals surface area contributed by atoms with Gasteiger partial charge in [-0.05, 0) is 12.0 Å². The van der Waals surface area contributed by atoms with Gasteiger partial charge in [0.2, 0.25) is 5.91 Å². The maximum Gasteiger partial charge on any atom is 0.223 e. The molecule has 1 aliphatic heterocycles. The Bertz CT molecular complexity index is 401. The Kier molecular flexibility index (Phi) is 3.19. The SMILES string of the molecule is O=C1CC/C(=N\O)CN1Cc1ccccc1. The first-order valence-corrected chi connectivity index (χ1v) is 5.31. The maximum atomic E-state index is 11.6. The fraction of sp³-hybridized carbons (Fsp3) is 0.333. The van der Waals surface area contributed by atoms with Crippen molar-refractivity contribution in [2.24, 2.45) is 5.16 Å². The number of rotatable bonds is 2. The van der Waals surface area contributed by atoms with Crippen LogP contribution in [-0.4, -0.2) is 28.3 Å². The highest BCUT2D eigenvalue weighted by Gasteiger charge is 2.22. The molecule has 0 radical (unpaired) electrons. The molecule has 4 nitrogen and oxygen atoms in total. The van der Waals surface area contributed by atoms with E-state index in [1.54, 1.807) is 4.90 Å². The average Bonchev–Trinajstić information content (AvgIpc) is 2.33. The minimum Gasteiger partial charge on any atom is -0.411 e. The van der Waals surface area contributed by atoms with E-state index in [0.717, 1.165) is 5.56 Å². The van der Waals surface area contributed by atoms with Gasteiger partial charge in [0, 0.05) is 13.0 Å². The van der Waals surface area contributed by atoms with Gasteiger partial charge in [-0.15, -0.1) is 0 Å². The third kappa shape index (κ3) is 2.39. The van der Waals surface area contributed by atoms with E-state index in [4.69, 9.17) is 5.21 Å². The Morgan fingerprint density at radius 3 is 2.69 bits per heavy atom. The number of hydrogen-bond donors (Lipinski definition) is 1. The highest BCUT2D eigenvalue weighted by molar-refractivity contribution is 5.95. The fourth-order valence-electron chi connectivity index (χ4n) is 1.83. The zero-order valence-electron chi connectivity index (χ0n) is 8.97. The van der Waals surface area contributed by atoms with Crippen molar-refractivity contribution in [3.05, 3.63) is 35.9 Å². The van der Waals surface area contributed by atoms with Crippen molar-refractivity contribution in [2.75, 3.05) is 6.54 Å². The summed E-state index contributed by atoms with van der Waals surface area (Å²) in [7, 11) is 0. The lowest BCUT2D eigenvalue weighted by Crippen LogP contribution is -2.39. The molecule has 1 aromatic rings. The van der Waals surface area contributed by atoms with Crippen LogP contribution in [0, 0.1) is 0 Å². The van der Waals surface area contributed by atoms with Crippen LogP contribution in [0.5, 0.6) is 0 Å². The lowest BCUT2D eigenvalue weighted by molar-refractivity contribution is -0.131. The Morgan fingerprint density at radius 2 is 2.00 bits per heavy atom. The van der Waals surface area contributed by atoms with Crippen LogP contribution in [0.2, 0.25) is 0 Å². The quantitative estimate of drug-likeness (QED) is 0.606. The van der Waals surface area contributed by atoms with Crippen LogP contribution in [0.1, 0.15) is 18.4 Å². The van der Waals surface area contributed by atoms with Crippen molar-refractivity contribution in [3.63, 3.8) is 0 Å². The highest BCUT2D eigenvalue weighted by Crippen LogP contribution is 2.12. The third-order valence-electron chi connectivity index (χ3n) is 2.71. The second kappa shape index (κ2) is 4.79. The van der Waals surface area contributed by atoms with Crippen LogP contribution >= 0.6 is 0 Å². The molecule has 1 N–H and O–H groups in total. The molecule has 1 fully saturated rings. The largest absolute Gasteiger partial charge is 0.411 e. The molecule has 1 saturated heterocycles. The van der Waals surface area contributed by atoms with Crippen molar-refractivity contribution in [1.82, 2.24) is 4.90 Å². The molecular formula is C12H14N2O2. The first-order valence-electron chi connectivity index (χ1n) is 5.31. The van der Waals surface area contributed by atoms with Crippen LogP contribution in [0.4, 0.5) is 0 Å². The Balaban J connectivity index is 2.06. The van der Waals surface area contributed by atoms with Crippen molar-refractivity contribution < 1.29 is 10.0 Å². The Morgan fingerprint density at radius 1 is 1.25 bits per heavy atom. The summed E-state index contributed by atoms with van der Waals surface area (Å²) in [4.78, 5) is 13.4. The smallest absolute Gasteiger partial charge is 0.223 e. The van der Waals surface area contributed by atoms with Crippen LogP contribution in [0.3, 0.4) is 0 Å². The summed E-state index contributed by atoms with van der Waals surface area (Å²) in [6, 6.07) is 9.81. The zero-order valence-corrected chi connectivity index (χ0v) is 8.97. The summed E-state index contributed by atoms with van der Waals surface area (Å²) in [5.74, 6) is 0.122. The molecule has 1 aliphatic rings. The van der Waals surface area contributed by atoms with E-state index in [0.29, 0.717) is 31.6 Å². The minimum atomic E-state index is 0.122. The molecule has 1 amide bonds. The highest BCUT2D eigenvalue weighted by atomic mass is 16.4. The van der Waals surface area contributed by atoms with Crippen molar-refractivity contribution in [1.29, 1.82) is 0 Å². The zero-order chi connectivity index (χ0) is 11.4. The van der Waals surface area contributed by atoms with Crippen LogP contribution < -0.4 is 0 Å². The summed E-state index contributed by atoms with van der Waals surface area (Å²) < 4.78 is 0. The molecule has 0 unspecified atom stereocenters. The average molecular weight is 218 g/mol. The summed E-state index contributed by atoms with van der Waals surface area (Å²) in [6.45, 7) is 1.02. The molecule has 84 valence electrons. The van der Waals surface area contributed by atoms with Crippen LogP contribution in [-0.2, 0) is 11.3 Å². The van der Waals surface area contributed by atoms with Gasteiger partial charge < -0.3 is 10.1 Å². The lowest BCUT2D eigenvalue weighted by atomic mass is 10.1. The van der Waals surface area contributed by atoms with Gasteiger partial charge in [-0.25, -0.2) is 0 Å². The van der Waals surface area contributed by atoms with Crippen LogP contribution in [0.15, 0.2) is 35.5 Å². The molecule has 4 heteroatoms. The lowest BCUT2D eigenvalue weighted by Gasteiger charge is -2.27. The van der Waals surface area contributed by atoms with Crippen molar-refractivity contribution >= 4 is 11.6 Å². The normalized spacial score (nSPS) is 19.1. The van der Waals surface area contributed by atoms with E-state index >= 15 is 0 Å². The van der Waals surface area contributed by atoms with Gasteiger partial charge >= 0.3 is 0 Å². The molecular weight excluding hydrogens is 204 g/mol. The number of amides is 1. The van der Waals surface area contributed by atoms with E-state index in [-0.39, 0.29) is 5.91 Å². The molecule has 16 heavy (non-hydrogen) atoms. The first kappa shape index (κ1) is 10.7. The van der Waals surface area contributed by atoms with Gasteiger partial charge in [-0.2, -0.15) is 0 Å². The Hall–Kier alpha value is -1.84. The van der Waals surface area contributed by atoms with Gasteiger partial charge in [-0.1, -0.05) is 35.5 Å². The topological polar surface area (TPSA) is 52.9 Å². The molecule has 0 bridgehead atoms. The third-order valence-corrected chi connectivity index (χ3v) is 2.71. The number of nitrogens with zero attached hydrogens (tertiary/aromatic N) is 2. The number of carbonyl (C=O) groups is 1. The van der Waals surface area contributed by atoms with Gasteiger partial charge in [0.25, 0.3) is 0 Å². The monoisotopic (exact) mass is 218 g/mol. The van der Waals surface area contributed by atoms with Gasteiger partial charge in [0.15, 0.2) is 0 Å². The second-order valence-electron chi connectivity index (χ2n) is 3.90. The summed E-state index contributed by atoms with van der Waals surface area (Å²) in [5, 5.41) is 11.9. The summed E-state index contributed by atoms with van der Waals surface area (Å²) >= 11 is 0. The summed E-state index contributed by atoms with van der Waals surface area (Å²) in [5.41, 5.74) is 1.77. The minimum absolute atomic E-state index is 0.122. The molecule has 1 aromatic carbocycles. The van der Waals surface area contributed by atoms with E-state index < -0.39 is 0 Å². The Labute approximate surface area is 94.2 Å². The van der Waals surface area contributed by atoms with E-state index in [9.17, 15) is 4.79 Å². The van der Waals surface area contributed by atoms with Gasteiger partial charge in [0.05, 0.1) is 12.3 Å². The van der Waals surface area contributed by atoms with E-state index in [1.165, 1.54) is 0 Å². The van der Waals surface area contributed by atoms with Crippen molar-refractivity contribution in [2.45, 2.75) is 19.4 Å².